The Bertz CT molecular complexity index is 1340. The third kappa shape index (κ3) is 4.17. The van der Waals surface area contributed by atoms with E-state index >= 15 is 0 Å². The number of hydrogen-bond acceptors (Lipinski definition) is 5. The number of rotatable bonds is 7. The molecule has 0 aliphatic rings. The van der Waals surface area contributed by atoms with E-state index in [-0.39, 0.29) is 5.56 Å². The molecule has 0 amide bonds. The number of aromatic nitrogens is 4. The highest BCUT2D eigenvalue weighted by molar-refractivity contribution is 7.98. The molecule has 0 fully saturated rings. The number of nitrogens with zero attached hydrogens (tertiary/aromatic N) is 4. The fourth-order valence-electron chi connectivity index (χ4n) is 3.87. The molecule has 0 saturated heterocycles. The van der Waals surface area contributed by atoms with Crippen molar-refractivity contribution in [2.24, 2.45) is 0 Å². The van der Waals surface area contributed by atoms with E-state index in [1.54, 1.807) is 28.1 Å². The SMILES string of the molecule is CCn1nc(C)c2nc(SCc3cc(C)ccc3C)n(Cc3ccccc3OC)c(=O)c21. The first-order chi connectivity index (χ1) is 15.4. The van der Waals surface area contributed by atoms with Gasteiger partial charge >= 0.3 is 0 Å². The molecule has 4 rings (SSSR count). The monoisotopic (exact) mass is 448 g/mol. The second-order valence-corrected chi connectivity index (χ2v) is 8.86. The molecule has 7 heteroatoms. The molecular weight excluding hydrogens is 420 g/mol. The summed E-state index contributed by atoms with van der Waals surface area (Å²) >= 11 is 1.58. The van der Waals surface area contributed by atoms with Gasteiger partial charge in [0, 0.05) is 17.9 Å². The Balaban J connectivity index is 1.84. The largest absolute Gasteiger partial charge is 0.496 e. The molecular formula is C25H28N4O2S. The van der Waals surface area contributed by atoms with Gasteiger partial charge < -0.3 is 4.74 Å². The van der Waals surface area contributed by atoms with Crippen molar-refractivity contribution >= 4 is 22.8 Å². The highest BCUT2D eigenvalue weighted by Crippen LogP contribution is 2.27. The number of para-hydroxylation sites is 1. The van der Waals surface area contributed by atoms with Crippen molar-refractivity contribution in [2.45, 2.75) is 51.7 Å². The fourth-order valence-corrected chi connectivity index (χ4v) is 4.92. The molecule has 32 heavy (non-hydrogen) atoms. The zero-order chi connectivity index (χ0) is 22.8. The molecule has 2 heterocycles. The van der Waals surface area contributed by atoms with Crippen LogP contribution < -0.4 is 10.3 Å². The van der Waals surface area contributed by atoms with Gasteiger partial charge in [-0.1, -0.05) is 53.7 Å². The number of thioether (sulfide) groups is 1. The summed E-state index contributed by atoms with van der Waals surface area (Å²) in [5, 5.41) is 5.23. The van der Waals surface area contributed by atoms with E-state index in [9.17, 15) is 4.79 Å². The van der Waals surface area contributed by atoms with E-state index in [4.69, 9.17) is 9.72 Å². The summed E-state index contributed by atoms with van der Waals surface area (Å²) in [5.41, 5.74) is 6.57. The van der Waals surface area contributed by atoms with E-state index in [1.807, 2.05) is 38.1 Å². The van der Waals surface area contributed by atoms with E-state index in [1.165, 1.54) is 16.7 Å². The highest BCUT2D eigenvalue weighted by Gasteiger charge is 2.19. The van der Waals surface area contributed by atoms with E-state index < -0.39 is 0 Å². The molecule has 0 aliphatic heterocycles. The third-order valence-electron chi connectivity index (χ3n) is 5.66. The predicted molar refractivity (Wildman–Crippen MR) is 130 cm³/mol. The summed E-state index contributed by atoms with van der Waals surface area (Å²) in [6.07, 6.45) is 0. The number of fused-ring (bicyclic) bond motifs is 1. The fraction of sp³-hybridized carbons (Fsp3) is 0.320. The summed E-state index contributed by atoms with van der Waals surface area (Å²) < 4.78 is 9.03. The van der Waals surface area contributed by atoms with Crippen molar-refractivity contribution < 1.29 is 4.74 Å². The van der Waals surface area contributed by atoms with Gasteiger partial charge in [-0.25, -0.2) is 4.98 Å². The Morgan fingerprint density at radius 2 is 1.84 bits per heavy atom. The molecule has 0 aliphatic carbocycles. The first-order valence-electron chi connectivity index (χ1n) is 10.7. The van der Waals surface area contributed by atoms with Crippen molar-refractivity contribution in [3.8, 4) is 5.75 Å². The maximum atomic E-state index is 13.7. The minimum absolute atomic E-state index is 0.0770. The van der Waals surface area contributed by atoms with Crippen LogP contribution in [0.5, 0.6) is 5.75 Å². The van der Waals surface area contributed by atoms with Crippen LogP contribution >= 0.6 is 11.8 Å². The molecule has 4 aromatic rings. The van der Waals surface area contributed by atoms with Crippen molar-refractivity contribution in [3.05, 3.63) is 80.8 Å². The van der Waals surface area contributed by atoms with Gasteiger partial charge in [-0.05, 0) is 44.9 Å². The Morgan fingerprint density at radius 1 is 1.06 bits per heavy atom. The Morgan fingerprint density at radius 3 is 2.59 bits per heavy atom. The number of hydrogen-bond donors (Lipinski definition) is 0. The molecule has 0 unspecified atom stereocenters. The topological polar surface area (TPSA) is 61.9 Å². The maximum absolute atomic E-state index is 13.7. The van der Waals surface area contributed by atoms with Crippen LogP contribution in [0.2, 0.25) is 0 Å². The summed E-state index contributed by atoms with van der Waals surface area (Å²) in [6.45, 7) is 9.10. The zero-order valence-corrected chi connectivity index (χ0v) is 20.0. The van der Waals surface area contributed by atoms with Gasteiger partial charge in [0.1, 0.15) is 11.3 Å². The minimum atomic E-state index is -0.0770. The summed E-state index contributed by atoms with van der Waals surface area (Å²) in [4.78, 5) is 18.6. The van der Waals surface area contributed by atoms with Crippen LogP contribution in [-0.4, -0.2) is 26.4 Å². The van der Waals surface area contributed by atoms with Gasteiger partial charge in [-0.15, -0.1) is 0 Å². The molecule has 0 N–H and O–H groups in total. The van der Waals surface area contributed by atoms with E-state index in [0.29, 0.717) is 29.3 Å². The molecule has 0 radical (unpaired) electrons. The van der Waals surface area contributed by atoms with E-state index in [2.05, 4.69) is 37.1 Å². The first-order valence-corrected chi connectivity index (χ1v) is 11.7. The van der Waals surface area contributed by atoms with Crippen LogP contribution in [0.3, 0.4) is 0 Å². The van der Waals surface area contributed by atoms with Gasteiger partial charge in [0.25, 0.3) is 5.56 Å². The molecule has 2 aromatic carbocycles. The smallest absolute Gasteiger partial charge is 0.280 e. The van der Waals surface area contributed by atoms with Crippen molar-refractivity contribution in [1.29, 1.82) is 0 Å². The number of aryl methyl sites for hydroxylation is 4. The molecule has 0 atom stereocenters. The molecule has 2 aromatic heterocycles. The quantitative estimate of drug-likeness (QED) is 0.298. The maximum Gasteiger partial charge on any atom is 0.280 e. The first kappa shape index (κ1) is 22.1. The third-order valence-corrected chi connectivity index (χ3v) is 6.69. The van der Waals surface area contributed by atoms with Gasteiger partial charge in [0.15, 0.2) is 10.7 Å². The lowest BCUT2D eigenvalue weighted by atomic mass is 10.1. The lowest BCUT2D eigenvalue weighted by Gasteiger charge is -2.15. The van der Waals surface area contributed by atoms with Gasteiger partial charge in [-0.3, -0.25) is 14.0 Å². The van der Waals surface area contributed by atoms with Crippen LogP contribution in [0.15, 0.2) is 52.4 Å². The number of methoxy groups -OCH3 is 1. The molecule has 166 valence electrons. The average Bonchev–Trinajstić information content (AvgIpc) is 3.12. The van der Waals surface area contributed by atoms with Gasteiger partial charge in [0.05, 0.1) is 19.3 Å². The van der Waals surface area contributed by atoms with Crippen LogP contribution in [0.25, 0.3) is 11.0 Å². The summed E-state index contributed by atoms with van der Waals surface area (Å²) in [6, 6.07) is 14.2. The van der Waals surface area contributed by atoms with E-state index in [0.717, 1.165) is 22.8 Å². The van der Waals surface area contributed by atoms with Gasteiger partial charge in [-0.2, -0.15) is 5.10 Å². The van der Waals surface area contributed by atoms with Crippen LogP contribution in [0, 0.1) is 20.8 Å². The van der Waals surface area contributed by atoms with Crippen LogP contribution in [0.4, 0.5) is 0 Å². The standard InChI is InChI=1S/C25H28N4O2S/c1-6-29-23-22(18(4)27-29)26-25(32-15-20-13-16(2)11-12-17(20)3)28(24(23)30)14-19-9-7-8-10-21(19)31-5/h7-13H,6,14-15H2,1-5H3. The minimum Gasteiger partial charge on any atom is -0.496 e. The van der Waals surface area contributed by atoms with Crippen molar-refractivity contribution in [2.75, 3.05) is 7.11 Å². The highest BCUT2D eigenvalue weighted by atomic mass is 32.2. The van der Waals surface area contributed by atoms with Crippen LogP contribution in [0.1, 0.15) is 34.9 Å². The molecule has 0 bridgehead atoms. The second-order valence-electron chi connectivity index (χ2n) is 7.91. The summed E-state index contributed by atoms with van der Waals surface area (Å²) in [5.74, 6) is 1.49. The Labute approximate surface area is 192 Å². The normalized spacial score (nSPS) is 11.3. The second kappa shape index (κ2) is 9.20. The molecule has 0 saturated carbocycles. The average molecular weight is 449 g/mol. The predicted octanol–water partition coefficient (Wildman–Crippen LogP) is 4.89. The molecule has 6 nitrogen and oxygen atoms in total. The molecule has 0 spiro atoms. The Kier molecular flexibility index (Phi) is 6.37. The van der Waals surface area contributed by atoms with Gasteiger partial charge in [0.2, 0.25) is 0 Å². The zero-order valence-electron chi connectivity index (χ0n) is 19.2. The van der Waals surface area contributed by atoms with Crippen LogP contribution in [-0.2, 0) is 18.8 Å². The summed E-state index contributed by atoms with van der Waals surface area (Å²) in [7, 11) is 1.65. The number of benzene rings is 2. The van der Waals surface area contributed by atoms with Crippen molar-refractivity contribution in [1.82, 2.24) is 19.3 Å². The lowest BCUT2D eigenvalue weighted by molar-refractivity contribution is 0.407. The Hall–Kier alpha value is -3.06. The lowest BCUT2D eigenvalue weighted by Crippen LogP contribution is -2.26. The van der Waals surface area contributed by atoms with Crippen molar-refractivity contribution in [3.63, 3.8) is 0 Å². The number of ether oxygens (including phenoxy) is 1.